The van der Waals surface area contributed by atoms with Crippen molar-refractivity contribution in [3.05, 3.63) is 29.8 Å². The Bertz CT molecular complexity index is 509. The van der Waals surface area contributed by atoms with Gasteiger partial charge in [0.15, 0.2) is 0 Å². The zero-order valence-electron chi connectivity index (χ0n) is 13.5. The molecule has 0 unspecified atom stereocenters. The van der Waals surface area contributed by atoms with E-state index in [0.717, 1.165) is 44.3 Å². The molecule has 0 bridgehead atoms. The van der Waals surface area contributed by atoms with Crippen molar-refractivity contribution in [2.24, 2.45) is 5.73 Å². The molecule has 0 spiro atoms. The standard InChI is InChI=1S/C18H26N2O2.ClH/c19-14-8-10-15(11-9-14)20-18(21)13-4-3-7-17(12-13)22-16-5-1-2-6-16;/h3-4,7,12,14-16H,1-2,5-6,8-11,19H2,(H,20,21);1H. The lowest BCUT2D eigenvalue weighted by molar-refractivity contribution is 0.0925. The first-order valence-corrected chi connectivity index (χ1v) is 8.54. The first-order chi connectivity index (χ1) is 10.7. The van der Waals surface area contributed by atoms with Gasteiger partial charge in [0.25, 0.3) is 5.91 Å². The second-order valence-corrected chi connectivity index (χ2v) is 6.64. The molecule has 0 atom stereocenters. The Morgan fingerprint density at radius 3 is 2.48 bits per heavy atom. The summed E-state index contributed by atoms with van der Waals surface area (Å²) in [5.74, 6) is 0.808. The van der Waals surface area contributed by atoms with Crippen LogP contribution in [0.1, 0.15) is 61.7 Å². The van der Waals surface area contributed by atoms with Gasteiger partial charge in [-0.2, -0.15) is 0 Å². The van der Waals surface area contributed by atoms with Gasteiger partial charge in [-0.1, -0.05) is 6.07 Å². The number of amides is 1. The quantitative estimate of drug-likeness (QED) is 0.884. The molecule has 2 saturated carbocycles. The minimum Gasteiger partial charge on any atom is -0.490 e. The summed E-state index contributed by atoms with van der Waals surface area (Å²) in [5.41, 5.74) is 6.59. The fourth-order valence-corrected chi connectivity index (χ4v) is 3.44. The maximum absolute atomic E-state index is 12.4. The van der Waals surface area contributed by atoms with E-state index in [4.69, 9.17) is 10.5 Å². The molecule has 0 aliphatic heterocycles. The van der Waals surface area contributed by atoms with Crippen molar-refractivity contribution in [1.82, 2.24) is 5.32 Å². The van der Waals surface area contributed by atoms with Crippen LogP contribution in [0.2, 0.25) is 0 Å². The Hall–Kier alpha value is -1.26. The van der Waals surface area contributed by atoms with Crippen LogP contribution in [-0.4, -0.2) is 24.1 Å². The van der Waals surface area contributed by atoms with Crippen LogP contribution < -0.4 is 15.8 Å². The summed E-state index contributed by atoms with van der Waals surface area (Å²) in [7, 11) is 0. The molecule has 4 nitrogen and oxygen atoms in total. The second kappa shape index (κ2) is 8.55. The number of ether oxygens (including phenoxy) is 1. The maximum atomic E-state index is 12.4. The molecule has 2 aliphatic rings. The van der Waals surface area contributed by atoms with Crippen molar-refractivity contribution in [2.75, 3.05) is 0 Å². The van der Waals surface area contributed by atoms with E-state index in [1.165, 1.54) is 12.8 Å². The zero-order chi connectivity index (χ0) is 15.4. The predicted molar refractivity (Wildman–Crippen MR) is 94.3 cm³/mol. The van der Waals surface area contributed by atoms with E-state index in [0.29, 0.717) is 17.7 Å². The van der Waals surface area contributed by atoms with Gasteiger partial charge in [0.05, 0.1) is 6.10 Å². The average molecular weight is 339 g/mol. The topological polar surface area (TPSA) is 64.3 Å². The van der Waals surface area contributed by atoms with Gasteiger partial charge < -0.3 is 15.8 Å². The van der Waals surface area contributed by atoms with Crippen molar-refractivity contribution in [3.63, 3.8) is 0 Å². The third-order valence-corrected chi connectivity index (χ3v) is 4.81. The summed E-state index contributed by atoms with van der Waals surface area (Å²) in [6.45, 7) is 0. The third-order valence-electron chi connectivity index (χ3n) is 4.81. The molecule has 2 aliphatic carbocycles. The van der Waals surface area contributed by atoms with Crippen LogP contribution in [0, 0.1) is 0 Å². The van der Waals surface area contributed by atoms with Gasteiger partial charge in [-0.3, -0.25) is 4.79 Å². The molecule has 0 radical (unpaired) electrons. The minimum atomic E-state index is -0.00246. The Balaban J connectivity index is 0.00000192. The highest BCUT2D eigenvalue weighted by molar-refractivity contribution is 5.94. The molecule has 3 rings (SSSR count). The number of rotatable bonds is 4. The first-order valence-electron chi connectivity index (χ1n) is 8.54. The van der Waals surface area contributed by atoms with Crippen LogP contribution in [0.25, 0.3) is 0 Å². The van der Waals surface area contributed by atoms with Crippen LogP contribution in [0.15, 0.2) is 24.3 Å². The summed E-state index contributed by atoms with van der Waals surface area (Å²) in [6, 6.07) is 8.11. The number of hydrogen-bond acceptors (Lipinski definition) is 3. The van der Waals surface area contributed by atoms with E-state index in [2.05, 4.69) is 5.32 Å². The molecular weight excluding hydrogens is 312 g/mol. The summed E-state index contributed by atoms with van der Waals surface area (Å²) in [4.78, 5) is 12.4. The molecule has 1 amide bonds. The number of nitrogens with two attached hydrogens (primary N) is 1. The zero-order valence-corrected chi connectivity index (χ0v) is 14.3. The van der Waals surface area contributed by atoms with Gasteiger partial charge in [-0.05, 0) is 69.6 Å². The summed E-state index contributed by atoms with van der Waals surface area (Å²) < 4.78 is 5.97. The maximum Gasteiger partial charge on any atom is 0.251 e. The molecule has 0 aromatic heterocycles. The molecule has 1 aromatic carbocycles. The van der Waals surface area contributed by atoms with Crippen LogP contribution in [0.3, 0.4) is 0 Å². The SMILES string of the molecule is Cl.NC1CCC(NC(=O)c2cccc(OC3CCCC3)c2)CC1. The fraction of sp³-hybridized carbons (Fsp3) is 0.611. The summed E-state index contributed by atoms with van der Waals surface area (Å²) in [6.07, 6.45) is 9.00. The smallest absolute Gasteiger partial charge is 0.251 e. The first kappa shape index (κ1) is 18.1. The number of halogens is 1. The molecule has 2 fully saturated rings. The highest BCUT2D eigenvalue weighted by atomic mass is 35.5. The van der Waals surface area contributed by atoms with Crippen LogP contribution in [0.5, 0.6) is 5.75 Å². The number of hydrogen-bond donors (Lipinski definition) is 2. The monoisotopic (exact) mass is 338 g/mol. The Kier molecular flexibility index (Phi) is 6.72. The van der Waals surface area contributed by atoms with E-state index < -0.39 is 0 Å². The third kappa shape index (κ3) is 5.11. The molecule has 23 heavy (non-hydrogen) atoms. The minimum absolute atomic E-state index is 0. The Morgan fingerprint density at radius 1 is 1.09 bits per heavy atom. The van der Waals surface area contributed by atoms with E-state index >= 15 is 0 Å². The predicted octanol–water partition coefficient (Wildman–Crippen LogP) is 3.43. The van der Waals surface area contributed by atoms with Crippen molar-refractivity contribution in [1.29, 1.82) is 0 Å². The molecule has 0 heterocycles. The summed E-state index contributed by atoms with van der Waals surface area (Å²) >= 11 is 0. The lowest BCUT2D eigenvalue weighted by Gasteiger charge is -2.26. The van der Waals surface area contributed by atoms with Crippen molar-refractivity contribution >= 4 is 18.3 Å². The number of carbonyl (C=O) groups excluding carboxylic acids is 1. The number of benzene rings is 1. The lowest BCUT2D eigenvalue weighted by atomic mass is 9.91. The van der Waals surface area contributed by atoms with E-state index in [1.54, 1.807) is 0 Å². The van der Waals surface area contributed by atoms with Gasteiger partial charge in [0, 0.05) is 17.6 Å². The van der Waals surface area contributed by atoms with Crippen LogP contribution in [0.4, 0.5) is 0 Å². The lowest BCUT2D eigenvalue weighted by Crippen LogP contribution is -2.40. The molecule has 3 N–H and O–H groups in total. The van der Waals surface area contributed by atoms with Crippen molar-refractivity contribution < 1.29 is 9.53 Å². The van der Waals surface area contributed by atoms with Gasteiger partial charge in [0.2, 0.25) is 0 Å². The van der Waals surface area contributed by atoms with Crippen LogP contribution in [-0.2, 0) is 0 Å². The van der Waals surface area contributed by atoms with E-state index in [-0.39, 0.29) is 24.4 Å². The molecular formula is C18H27ClN2O2. The largest absolute Gasteiger partial charge is 0.490 e. The van der Waals surface area contributed by atoms with E-state index in [1.807, 2.05) is 24.3 Å². The number of carbonyl (C=O) groups is 1. The second-order valence-electron chi connectivity index (χ2n) is 6.64. The summed E-state index contributed by atoms with van der Waals surface area (Å²) in [5, 5.41) is 3.13. The molecule has 128 valence electrons. The van der Waals surface area contributed by atoms with Gasteiger partial charge >= 0.3 is 0 Å². The Labute approximate surface area is 144 Å². The highest BCUT2D eigenvalue weighted by Crippen LogP contribution is 2.25. The normalized spacial score (nSPS) is 24.7. The van der Waals surface area contributed by atoms with E-state index in [9.17, 15) is 4.79 Å². The average Bonchev–Trinajstić information content (AvgIpc) is 3.03. The molecule has 0 saturated heterocycles. The van der Waals surface area contributed by atoms with Crippen LogP contribution >= 0.6 is 12.4 Å². The van der Waals surface area contributed by atoms with Crippen molar-refractivity contribution in [2.45, 2.75) is 69.6 Å². The Morgan fingerprint density at radius 2 is 1.78 bits per heavy atom. The molecule has 5 heteroatoms. The highest BCUT2D eigenvalue weighted by Gasteiger charge is 2.21. The van der Waals surface area contributed by atoms with Gasteiger partial charge in [-0.15, -0.1) is 12.4 Å². The number of nitrogens with one attached hydrogen (secondary N) is 1. The fourth-order valence-electron chi connectivity index (χ4n) is 3.44. The van der Waals surface area contributed by atoms with Gasteiger partial charge in [0.1, 0.15) is 5.75 Å². The molecule has 1 aromatic rings. The van der Waals surface area contributed by atoms with Gasteiger partial charge in [-0.25, -0.2) is 0 Å². The van der Waals surface area contributed by atoms with Crippen molar-refractivity contribution in [3.8, 4) is 5.75 Å².